The zero-order valence-electron chi connectivity index (χ0n) is 17.3. The highest BCUT2D eigenvalue weighted by atomic mass is 15.3. The van der Waals surface area contributed by atoms with Crippen LogP contribution in [-0.4, -0.2) is 47.6 Å². The van der Waals surface area contributed by atoms with Gasteiger partial charge in [-0.25, -0.2) is 0 Å². The van der Waals surface area contributed by atoms with Crippen LogP contribution in [0.3, 0.4) is 0 Å². The van der Waals surface area contributed by atoms with Gasteiger partial charge in [-0.05, 0) is 32.6 Å². The molecule has 0 saturated carbocycles. The quantitative estimate of drug-likeness (QED) is 0.256. The summed E-state index contributed by atoms with van der Waals surface area (Å²) in [4.78, 5) is 5.13. The molecule has 0 spiro atoms. The van der Waals surface area contributed by atoms with E-state index in [1.807, 2.05) is 0 Å². The minimum Gasteiger partial charge on any atom is -0.298 e. The molecule has 0 radical (unpaired) electrons. The zero-order chi connectivity index (χ0) is 18.4. The second-order valence-electron chi connectivity index (χ2n) is 6.76. The number of rotatable bonds is 16. The van der Waals surface area contributed by atoms with E-state index in [0.29, 0.717) is 6.04 Å². The summed E-state index contributed by atoms with van der Waals surface area (Å²) in [7, 11) is 0. The zero-order valence-corrected chi connectivity index (χ0v) is 17.3. The molecule has 0 heterocycles. The topological polar surface area (TPSA) is 6.48 Å². The fourth-order valence-corrected chi connectivity index (χ4v) is 4.08. The Balaban J connectivity index is 5.19. The first kappa shape index (κ1) is 23.4. The standard InChI is InChI=1S/C22H44N2/c1-8-15-16-17-18-19-20-21(23(11-4)12-5)22(9-2,10-3)24(13-6)14-7/h9-10,21H,2-3,8,11-20H2,1,4-7H3. The maximum absolute atomic E-state index is 4.22. The highest BCUT2D eigenvalue weighted by Crippen LogP contribution is 2.30. The Kier molecular flexibility index (Phi) is 13.3. The van der Waals surface area contributed by atoms with Gasteiger partial charge in [0, 0.05) is 6.04 Å². The third kappa shape index (κ3) is 6.37. The average molecular weight is 337 g/mol. The normalized spacial score (nSPS) is 13.5. The number of unbranched alkanes of at least 4 members (excludes halogenated alkanes) is 5. The maximum atomic E-state index is 4.22. The summed E-state index contributed by atoms with van der Waals surface area (Å²) in [6.45, 7) is 24.0. The highest BCUT2D eigenvalue weighted by Gasteiger charge is 2.39. The number of likely N-dealkylation sites (N-methyl/N-ethyl adjacent to an activating group) is 2. The van der Waals surface area contributed by atoms with Gasteiger partial charge in [0.25, 0.3) is 0 Å². The van der Waals surface area contributed by atoms with Crippen molar-refractivity contribution >= 4 is 0 Å². The van der Waals surface area contributed by atoms with Gasteiger partial charge in [0.15, 0.2) is 0 Å². The molecule has 0 saturated heterocycles. The summed E-state index contributed by atoms with van der Waals surface area (Å²) in [6.07, 6.45) is 13.6. The molecular formula is C22H44N2. The molecule has 24 heavy (non-hydrogen) atoms. The van der Waals surface area contributed by atoms with Crippen molar-refractivity contribution in [1.82, 2.24) is 9.80 Å². The molecule has 0 aromatic carbocycles. The van der Waals surface area contributed by atoms with E-state index in [2.05, 4.69) is 69.7 Å². The lowest BCUT2D eigenvalue weighted by Crippen LogP contribution is -2.60. The van der Waals surface area contributed by atoms with E-state index in [1.165, 1.54) is 44.9 Å². The minimum absolute atomic E-state index is 0.126. The van der Waals surface area contributed by atoms with Crippen LogP contribution in [0.1, 0.15) is 79.6 Å². The molecule has 0 fully saturated rings. The lowest BCUT2D eigenvalue weighted by atomic mass is 9.83. The Morgan fingerprint density at radius 1 is 0.750 bits per heavy atom. The summed E-state index contributed by atoms with van der Waals surface area (Å²) in [5, 5.41) is 0. The van der Waals surface area contributed by atoms with Gasteiger partial charge in [-0.3, -0.25) is 9.80 Å². The molecule has 0 amide bonds. The summed E-state index contributed by atoms with van der Waals surface area (Å²) in [5.41, 5.74) is -0.126. The van der Waals surface area contributed by atoms with Crippen molar-refractivity contribution in [2.45, 2.75) is 91.1 Å². The molecule has 0 bridgehead atoms. The van der Waals surface area contributed by atoms with Crippen LogP contribution in [0.4, 0.5) is 0 Å². The Bertz CT molecular complexity index is 308. The molecule has 0 N–H and O–H groups in total. The largest absolute Gasteiger partial charge is 0.298 e. The summed E-state index contributed by atoms with van der Waals surface area (Å²) >= 11 is 0. The fourth-order valence-electron chi connectivity index (χ4n) is 4.08. The van der Waals surface area contributed by atoms with Gasteiger partial charge in [-0.15, -0.1) is 13.2 Å². The van der Waals surface area contributed by atoms with Gasteiger partial charge in [-0.2, -0.15) is 0 Å². The average Bonchev–Trinajstić information content (AvgIpc) is 2.62. The molecule has 1 atom stereocenters. The van der Waals surface area contributed by atoms with Crippen molar-refractivity contribution in [1.29, 1.82) is 0 Å². The molecule has 0 aromatic heterocycles. The first-order valence-corrected chi connectivity index (χ1v) is 10.4. The van der Waals surface area contributed by atoms with Crippen LogP contribution in [0.2, 0.25) is 0 Å². The first-order chi connectivity index (χ1) is 11.6. The lowest BCUT2D eigenvalue weighted by molar-refractivity contribution is 0.0615. The fraction of sp³-hybridized carbons (Fsp3) is 0.818. The van der Waals surface area contributed by atoms with Gasteiger partial charge in [-0.1, -0.05) is 85.3 Å². The molecule has 0 aromatic rings. The van der Waals surface area contributed by atoms with Gasteiger partial charge in [0.05, 0.1) is 5.54 Å². The second kappa shape index (κ2) is 13.7. The molecule has 1 unspecified atom stereocenters. The van der Waals surface area contributed by atoms with Crippen LogP contribution < -0.4 is 0 Å². The van der Waals surface area contributed by atoms with E-state index in [-0.39, 0.29) is 5.54 Å². The van der Waals surface area contributed by atoms with Crippen molar-refractivity contribution in [2.75, 3.05) is 26.2 Å². The molecular weight excluding hydrogens is 292 g/mol. The SMILES string of the molecule is C=CC(C=C)(C(CCCCCCCC)N(CC)CC)N(CC)CC. The van der Waals surface area contributed by atoms with Gasteiger partial charge >= 0.3 is 0 Å². The van der Waals surface area contributed by atoms with Gasteiger partial charge < -0.3 is 0 Å². The number of nitrogens with zero attached hydrogens (tertiary/aromatic N) is 2. The Hall–Kier alpha value is -0.600. The molecule has 0 rings (SSSR count). The first-order valence-electron chi connectivity index (χ1n) is 10.4. The van der Waals surface area contributed by atoms with E-state index in [1.54, 1.807) is 0 Å². The monoisotopic (exact) mass is 336 g/mol. The molecule has 2 heteroatoms. The van der Waals surface area contributed by atoms with Crippen LogP contribution in [0, 0.1) is 0 Å². The van der Waals surface area contributed by atoms with Crippen LogP contribution in [0.15, 0.2) is 25.3 Å². The third-order valence-corrected chi connectivity index (χ3v) is 5.58. The number of hydrogen-bond donors (Lipinski definition) is 0. The number of hydrogen-bond acceptors (Lipinski definition) is 2. The van der Waals surface area contributed by atoms with Gasteiger partial charge in [0.2, 0.25) is 0 Å². The van der Waals surface area contributed by atoms with Crippen LogP contribution in [0.5, 0.6) is 0 Å². The van der Waals surface area contributed by atoms with Crippen molar-refractivity contribution < 1.29 is 0 Å². The summed E-state index contributed by atoms with van der Waals surface area (Å²) in [5.74, 6) is 0. The maximum Gasteiger partial charge on any atom is 0.0727 e. The molecule has 142 valence electrons. The van der Waals surface area contributed by atoms with Crippen molar-refractivity contribution in [3.63, 3.8) is 0 Å². The predicted molar refractivity (Wildman–Crippen MR) is 111 cm³/mol. The van der Waals surface area contributed by atoms with E-state index < -0.39 is 0 Å². The van der Waals surface area contributed by atoms with Crippen molar-refractivity contribution in [3.8, 4) is 0 Å². The Morgan fingerprint density at radius 2 is 1.25 bits per heavy atom. The van der Waals surface area contributed by atoms with Crippen LogP contribution in [-0.2, 0) is 0 Å². The third-order valence-electron chi connectivity index (χ3n) is 5.58. The lowest BCUT2D eigenvalue weighted by Gasteiger charge is -2.49. The van der Waals surface area contributed by atoms with Crippen molar-refractivity contribution in [3.05, 3.63) is 25.3 Å². The highest BCUT2D eigenvalue weighted by molar-refractivity contribution is 5.21. The Labute approximate surface area is 153 Å². The molecule has 0 aliphatic heterocycles. The molecule has 0 aliphatic carbocycles. The van der Waals surface area contributed by atoms with E-state index in [9.17, 15) is 0 Å². The second-order valence-corrected chi connectivity index (χ2v) is 6.76. The Morgan fingerprint density at radius 3 is 1.67 bits per heavy atom. The smallest absolute Gasteiger partial charge is 0.0727 e. The van der Waals surface area contributed by atoms with Gasteiger partial charge in [0.1, 0.15) is 0 Å². The minimum atomic E-state index is -0.126. The van der Waals surface area contributed by atoms with E-state index >= 15 is 0 Å². The van der Waals surface area contributed by atoms with Crippen molar-refractivity contribution in [2.24, 2.45) is 0 Å². The molecule has 2 nitrogen and oxygen atoms in total. The summed E-state index contributed by atoms with van der Waals surface area (Å²) < 4.78 is 0. The summed E-state index contributed by atoms with van der Waals surface area (Å²) in [6, 6.07) is 0.466. The molecule has 0 aliphatic rings. The van der Waals surface area contributed by atoms with Crippen LogP contribution in [0.25, 0.3) is 0 Å². The predicted octanol–water partition coefficient (Wildman–Crippen LogP) is 5.90. The van der Waals surface area contributed by atoms with E-state index in [4.69, 9.17) is 0 Å². The van der Waals surface area contributed by atoms with Crippen LogP contribution >= 0.6 is 0 Å². The van der Waals surface area contributed by atoms with E-state index in [0.717, 1.165) is 26.2 Å².